The Morgan fingerprint density at radius 2 is 1.81 bits per heavy atom. The van der Waals surface area contributed by atoms with Gasteiger partial charge in [-0.05, 0) is 48.9 Å². The Labute approximate surface area is 199 Å². The van der Waals surface area contributed by atoms with Gasteiger partial charge in [-0.15, -0.1) is 11.3 Å². The lowest BCUT2D eigenvalue weighted by atomic mass is 9.98. The molecule has 1 aliphatic rings. The second kappa shape index (κ2) is 8.99. The Bertz CT molecular complexity index is 1310. The number of halogens is 2. The van der Waals surface area contributed by atoms with Crippen molar-refractivity contribution in [3.63, 3.8) is 0 Å². The highest BCUT2D eigenvalue weighted by Gasteiger charge is 2.22. The highest BCUT2D eigenvalue weighted by atomic mass is 35.5. The van der Waals surface area contributed by atoms with Gasteiger partial charge >= 0.3 is 0 Å². The van der Waals surface area contributed by atoms with Crippen molar-refractivity contribution in [1.82, 2.24) is 9.55 Å². The van der Waals surface area contributed by atoms with Gasteiger partial charge in [0.1, 0.15) is 10.3 Å². The van der Waals surface area contributed by atoms with Crippen LogP contribution in [0.4, 0.5) is 0 Å². The van der Waals surface area contributed by atoms with E-state index in [2.05, 4.69) is 16.7 Å². The van der Waals surface area contributed by atoms with E-state index < -0.39 is 0 Å². The maximum absolute atomic E-state index is 13.2. The summed E-state index contributed by atoms with van der Waals surface area (Å²) in [4.78, 5) is 20.3. The molecule has 0 aliphatic heterocycles. The first-order valence-corrected chi connectivity index (χ1v) is 12.8. The molecule has 31 heavy (non-hydrogen) atoms. The Balaban J connectivity index is 1.58. The number of nitrogens with zero attached hydrogens (tertiary/aromatic N) is 2. The van der Waals surface area contributed by atoms with Crippen LogP contribution in [0.2, 0.25) is 10.0 Å². The summed E-state index contributed by atoms with van der Waals surface area (Å²) in [6.07, 6.45) is 4.11. The zero-order valence-corrected chi connectivity index (χ0v) is 19.9. The normalized spacial score (nSPS) is 13.5. The van der Waals surface area contributed by atoms with Crippen LogP contribution in [0, 0.1) is 0 Å². The molecule has 3 nitrogen and oxygen atoms in total. The molecule has 0 unspecified atom stereocenters. The van der Waals surface area contributed by atoms with Crippen LogP contribution in [0.1, 0.15) is 34.4 Å². The van der Waals surface area contributed by atoms with Gasteiger partial charge in [-0.1, -0.05) is 71.4 Å². The fourth-order valence-electron chi connectivity index (χ4n) is 3.95. The van der Waals surface area contributed by atoms with E-state index in [0.29, 0.717) is 27.9 Å². The Morgan fingerprint density at radius 3 is 2.61 bits per heavy atom. The molecule has 0 amide bonds. The predicted molar refractivity (Wildman–Crippen MR) is 132 cm³/mol. The van der Waals surface area contributed by atoms with E-state index in [1.165, 1.54) is 10.4 Å². The van der Waals surface area contributed by atoms with E-state index in [-0.39, 0.29) is 5.43 Å². The van der Waals surface area contributed by atoms with Crippen molar-refractivity contribution in [2.45, 2.75) is 43.1 Å². The third kappa shape index (κ3) is 4.29. The van der Waals surface area contributed by atoms with E-state index in [1.54, 1.807) is 23.1 Å². The smallest absolute Gasteiger partial charge is 0.211 e. The van der Waals surface area contributed by atoms with E-state index in [9.17, 15) is 4.79 Å². The molecule has 0 bridgehead atoms. The molecule has 158 valence electrons. The average molecular weight is 487 g/mol. The first-order valence-electron chi connectivity index (χ1n) is 10.3. The summed E-state index contributed by atoms with van der Waals surface area (Å²) in [5.74, 6) is 0.702. The molecule has 4 aromatic rings. The second-order valence-corrected chi connectivity index (χ2v) is 10.5. The van der Waals surface area contributed by atoms with E-state index in [0.717, 1.165) is 46.8 Å². The number of aryl methyl sites for hydroxylation is 1. The zero-order chi connectivity index (χ0) is 21.4. The summed E-state index contributed by atoms with van der Waals surface area (Å²) in [5, 5.41) is 1.96. The van der Waals surface area contributed by atoms with E-state index >= 15 is 0 Å². The third-order valence-corrected chi connectivity index (χ3v) is 8.64. The Hall–Kier alpha value is -1.79. The van der Waals surface area contributed by atoms with Crippen molar-refractivity contribution in [2.24, 2.45) is 0 Å². The first kappa shape index (κ1) is 21.1. The van der Waals surface area contributed by atoms with Gasteiger partial charge < -0.3 is 4.57 Å². The first-order chi connectivity index (χ1) is 15.1. The fraction of sp³-hybridized carbons (Fsp3) is 0.250. The van der Waals surface area contributed by atoms with Gasteiger partial charge in [-0.25, -0.2) is 4.98 Å². The van der Waals surface area contributed by atoms with Crippen LogP contribution < -0.4 is 5.43 Å². The molecule has 0 radical (unpaired) electrons. The minimum atomic E-state index is 0.117. The molecule has 7 heteroatoms. The van der Waals surface area contributed by atoms with Gasteiger partial charge in [0, 0.05) is 16.2 Å². The molecule has 0 fully saturated rings. The van der Waals surface area contributed by atoms with Crippen LogP contribution in [-0.2, 0) is 25.1 Å². The molecule has 2 aromatic heterocycles. The number of aromatic nitrogens is 2. The van der Waals surface area contributed by atoms with Gasteiger partial charge in [0.05, 0.1) is 16.6 Å². The summed E-state index contributed by atoms with van der Waals surface area (Å²) < 4.78 is 2.20. The van der Waals surface area contributed by atoms with Crippen molar-refractivity contribution < 1.29 is 0 Å². The predicted octanol–water partition coefficient (Wildman–Crippen LogP) is 6.98. The molecule has 1 aliphatic carbocycles. The average Bonchev–Trinajstić information content (AvgIpc) is 3.13. The maximum Gasteiger partial charge on any atom is 0.211 e. The largest absolute Gasteiger partial charge is 0.306 e. The molecule has 0 saturated carbocycles. The van der Waals surface area contributed by atoms with E-state index in [1.807, 2.05) is 36.4 Å². The summed E-state index contributed by atoms with van der Waals surface area (Å²) in [6, 6.07) is 16.0. The zero-order valence-electron chi connectivity index (χ0n) is 16.7. The molecular formula is C24H20Cl2N2OS2. The molecule has 0 saturated heterocycles. The number of fused-ring (bicyclic) bond motifs is 2. The van der Waals surface area contributed by atoms with Gasteiger partial charge in [-0.3, -0.25) is 4.79 Å². The summed E-state index contributed by atoms with van der Waals surface area (Å²) in [7, 11) is 0. The quantitative estimate of drug-likeness (QED) is 0.285. The van der Waals surface area contributed by atoms with Gasteiger partial charge in [0.25, 0.3) is 0 Å². The number of hydrogen-bond acceptors (Lipinski definition) is 4. The minimum Gasteiger partial charge on any atom is -0.306 e. The highest BCUT2D eigenvalue weighted by molar-refractivity contribution is 7.98. The molecule has 2 aromatic carbocycles. The maximum atomic E-state index is 13.2. The molecular weight excluding hydrogens is 467 g/mol. The fourth-order valence-corrected chi connectivity index (χ4v) is 6.57. The lowest BCUT2D eigenvalue weighted by molar-refractivity contribution is 0.692. The van der Waals surface area contributed by atoms with E-state index in [4.69, 9.17) is 28.2 Å². The van der Waals surface area contributed by atoms with Crippen LogP contribution in [0.3, 0.4) is 0 Å². The van der Waals surface area contributed by atoms with Crippen molar-refractivity contribution in [1.29, 1.82) is 0 Å². The van der Waals surface area contributed by atoms with Crippen molar-refractivity contribution in [2.75, 3.05) is 0 Å². The van der Waals surface area contributed by atoms with Crippen LogP contribution in [0.25, 0.3) is 10.3 Å². The van der Waals surface area contributed by atoms with Gasteiger partial charge in [-0.2, -0.15) is 0 Å². The lowest BCUT2D eigenvalue weighted by Crippen LogP contribution is -2.15. The van der Waals surface area contributed by atoms with Gasteiger partial charge in [0.2, 0.25) is 5.43 Å². The SMILES string of the molecule is O=c1c2c(sc3c1nc(SCc1ccc(Cl)c(Cl)c1)n3Cc1ccccc1)CCCC2. The Morgan fingerprint density at radius 1 is 1.00 bits per heavy atom. The van der Waals surface area contributed by atoms with Crippen LogP contribution >= 0.6 is 46.3 Å². The van der Waals surface area contributed by atoms with Crippen molar-refractivity contribution in [3.05, 3.63) is 90.4 Å². The van der Waals surface area contributed by atoms with Crippen LogP contribution in [0.5, 0.6) is 0 Å². The monoisotopic (exact) mass is 486 g/mol. The molecule has 2 heterocycles. The van der Waals surface area contributed by atoms with Crippen molar-refractivity contribution >= 4 is 56.6 Å². The van der Waals surface area contributed by atoms with Crippen molar-refractivity contribution in [3.8, 4) is 0 Å². The molecule has 0 atom stereocenters. The number of hydrogen-bond donors (Lipinski definition) is 0. The number of benzene rings is 2. The molecule has 0 spiro atoms. The van der Waals surface area contributed by atoms with Gasteiger partial charge in [0.15, 0.2) is 5.16 Å². The molecule has 5 rings (SSSR count). The standard InChI is InChI=1S/C24H20Cl2N2OS2/c25-18-11-10-16(12-19(18)26)14-30-24-27-21-22(29)17-8-4-5-9-20(17)31-23(21)28(24)13-15-6-2-1-3-7-15/h1-3,6-7,10-12H,4-5,8-9,13-14H2. The molecule has 0 N–H and O–H groups in total. The Kier molecular flexibility index (Phi) is 6.11. The summed E-state index contributed by atoms with van der Waals surface area (Å²) in [6.45, 7) is 0.690. The highest BCUT2D eigenvalue weighted by Crippen LogP contribution is 2.33. The number of thioether (sulfide) groups is 1. The lowest BCUT2D eigenvalue weighted by Gasteiger charge is -2.14. The summed E-state index contributed by atoms with van der Waals surface area (Å²) in [5.41, 5.74) is 3.97. The third-order valence-electron chi connectivity index (χ3n) is 5.55. The minimum absolute atomic E-state index is 0.117. The topological polar surface area (TPSA) is 34.9 Å². The second-order valence-electron chi connectivity index (χ2n) is 7.70. The summed E-state index contributed by atoms with van der Waals surface area (Å²) >= 11 is 15.6. The van der Waals surface area contributed by atoms with Crippen LogP contribution in [0.15, 0.2) is 58.5 Å². The number of rotatable bonds is 5. The van der Waals surface area contributed by atoms with Crippen LogP contribution in [-0.4, -0.2) is 9.55 Å². The number of imidazole rings is 1.